The lowest BCUT2D eigenvalue weighted by atomic mass is 9.87. The number of hydrogen-bond donors (Lipinski definition) is 2. The Hall–Kier alpha value is -1.39. The van der Waals surface area contributed by atoms with Gasteiger partial charge in [-0.3, -0.25) is 9.69 Å². The van der Waals surface area contributed by atoms with E-state index in [2.05, 4.69) is 39.8 Å². The Morgan fingerprint density at radius 3 is 3.09 bits per heavy atom. The molecule has 1 amide bonds. The van der Waals surface area contributed by atoms with Crippen LogP contribution in [-0.4, -0.2) is 42.5 Å². The molecule has 0 bridgehead atoms. The average Bonchev–Trinajstić information content (AvgIpc) is 3.02. The first-order valence-corrected chi connectivity index (χ1v) is 8.67. The first kappa shape index (κ1) is 14.2. The number of nitrogens with zero attached hydrogens (tertiary/aromatic N) is 1. The summed E-state index contributed by atoms with van der Waals surface area (Å²) in [4.78, 5) is 15.1. The van der Waals surface area contributed by atoms with Crippen molar-refractivity contribution in [1.29, 1.82) is 0 Å². The minimum Gasteiger partial charge on any atom is -0.348 e. The lowest BCUT2D eigenvalue weighted by Gasteiger charge is -2.36. The summed E-state index contributed by atoms with van der Waals surface area (Å²) < 4.78 is 0. The van der Waals surface area contributed by atoms with Crippen molar-refractivity contribution in [2.75, 3.05) is 19.6 Å². The number of amides is 1. The fourth-order valence-corrected chi connectivity index (χ4v) is 4.30. The van der Waals surface area contributed by atoms with Gasteiger partial charge in [0.15, 0.2) is 0 Å². The molecule has 0 saturated carbocycles. The Balaban J connectivity index is 1.42. The molecule has 1 aromatic rings. The molecule has 1 aliphatic carbocycles. The molecular formula is C18H25N3O. The van der Waals surface area contributed by atoms with Crippen molar-refractivity contribution in [3.8, 4) is 0 Å². The molecular weight excluding hydrogens is 274 g/mol. The summed E-state index contributed by atoms with van der Waals surface area (Å²) in [7, 11) is 0. The fourth-order valence-electron chi connectivity index (χ4n) is 4.30. The van der Waals surface area contributed by atoms with Gasteiger partial charge in [-0.15, -0.1) is 0 Å². The molecule has 0 radical (unpaired) electrons. The van der Waals surface area contributed by atoms with Crippen molar-refractivity contribution >= 4 is 5.91 Å². The van der Waals surface area contributed by atoms with Crippen LogP contribution in [0.4, 0.5) is 0 Å². The van der Waals surface area contributed by atoms with Gasteiger partial charge in [0.25, 0.3) is 0 Å². The highest BCUT2D eigenvalue weighted by Crippen LogP contribution is 2.29. The van der Waals surface area contributed by atoms with Gasteiger partial charge in [-0.25, -0.2) is 0 Å². The van der Waals surface area contributed by atoms with Gasteiger partial charge >= 0.3 is 0 Å². The predicted molar refractivity (Wildman–Crippen MR) is 86.6 cm³/mol. The Morgan fingerprint density at radius 2 is 2.14 bits per heavy atom. The lowest BCUT2D eigenvalue weighted by molar-refractivity contribution is -0.125. The van der Waals surface area contributed by atoms with Crippen LogP contribution in [0.2, 0.25) is 0 Å². The van der Waals surface area contributed by atoms with Gasteiger partial charge in [-0.05, 0) is 49.8 Å². The summed E-state index contributed by atoms with van der Waals surface area (Å²) in [6, 6.07) is 9.33. The van der Waals surface area contributed by atoms with Gasteiger partial charge in [0.2, 0.25) is 5.91 Å². The van der Waals surface area contributed by atoms with E-state index in [4.69, 9.17) is 0 Å². The Labute approximate surface area is 132 Å². The van der Waals surface area contributed by atoms with E-state index in [9.17, 15) is 4.79 Å². The van der Waals surface area contributed by atoms with E-state index in [1.807, 2.05) is 0 Å². The van der Waals surface area contributed by atoms with Gasteiger partial charge in [0, 0.05) is 19.1 Å². The number of nitrogens with one attached hydrogen (secondary N) is 2. The van der Waals surface area contributed by atoms with Crippen molar-refractivity contribution in [3.05, 3.63) is 35.4 Å². The Bertz CT molecular complexity index is 559. The molecule has 22 heavy (non-hydrogen) atoms. The topological polar surface area (TPSA) is 44.4 Å². The minimum absolute atomic E-state index is 0.0524. The van der Waals surface area contributed by atoms with Gasteiger partial charge in [-0.1, -0.05) is 24.3 Å². The maximum atomic E-state index is 12.7. The third kappa shape index (κ3) is 2.66. The number of rotatable bonds is 2. The smallest absolute Gasteiger partial charge is 0.238 e. The fraction of sp³-hybridized carbons (Fsp3) is 0.611. The largest absolute Gasteiger partial charge is 0.348 e. The lowest BCUT2D eigenvalue weighted by Crippen LogP contribution is -2.59. The predicted octanol–water partition coefficient (Wildman–Crippen LogP) is 1.62. The molecule has 3 aliphatic rings. The molecule has 0 aromatic heterocycles. The first-order valence-electron chi connectivity index (χ1n) is 8.67. The summed E-state index contributed by atoms with van der Waals surface area (Å²) in [5.74, 6) is 0.173. The van der Waals surface area contributed by atoms with E-state index in [1.165, 1.54) is 24.0 Å². The Kier molecular flexibility index (Phi) is 3.89. The number of fused-ring (bicyclic) bond motifs is 2. The number of carbonyl (C=O) groups excluding carboxylic acids is 1. The number of carbonyl (C=O) groups is 1. The maximum Gasteiger partial charge on any atom is 0.238 e. The first-order chi connectivity index (χ1) is 10.8. The average molecular weight is 299 g/mol. The molecule has 2 heterocycles. The monoisotopic (exact) mass is 299 g/mol. The number of aryl methyl sites for hydroxylation is 1. The molecule has 4 rings (SSSR count). The van der Waals surface area contributed by atoms with Crippen molar-refractivity contribution < 1.29 is 4.79 Å². The van der Waals surface area contributed by atoms with Crippen LogP contribution in [0.3, 0.4) is 0 Å². The molecule has 0 unspecified atom stereocenters. The molecule has 4 heteroatoms. The Morgan fingerprint density at radius 1 is 1.23 bits per heavy atom. The van der Waals surface area contributed by atoms with Crippen molar-refractivity contribution in [2.45, 2.75) is 50.2 Å². The van der Waals surface area contributed by atoms with Crippen LogP contribution in [0.25, 0.3) is 0 Å². The highest BCUT2D eigenvalue weighted by atomic mass is 16.2. The van der Waals surface area contributed by atoms with Gasteiger partial charge < -0.3 is 10.6 Å². The van der Waals surface area contributed by atoms with E-state index in [0.29, 0.717) is 6.04 Å². The van der Waals surface area contributed by atoms with Crippen LogP contribution in [0.5, 0.6) is 0 Å². The zero-order valence-electron chi connectivity index (χ0n) is 13.1. The van der Waals surface area contributed by atoms with Crippen molar-refractivity contribution in [2.24, 2.45) is 0 Å². The molecule has 2 saturated heterocycles. The molecule has 4 nitrogen and oxygen atoms in total. The maximum absolute atomic E-state index is 12.7. The van der Waals surface area contributed by atoms with Crippen LogP contribution in [0.1, 0.15) is 42.9 Å². The molecule has 3 atom stereocenters. The van der Waals surface area contributed by atoms with Crippen LogP contribution < -0.4 is 10.6 Å². The zero-order valence-corrected chi connectivity index (χ0v) is 13.1. The van der Waals surface area contributed by atoms with Crippen LogP contribution in [-0.2, 0) is 11.2 Å². The number of hydrogen-bond acceptors (Lipinski definition) is 3. The quantitative estimate of drug-likeness (QED) is 0.872. The van der Waals surface area contributed by atoms with E-state index in [-0.39, 0.29) is 18.0 Å². The third-order valence-corrected chi connectivity index (χ3v) is 5.52. The van der Waals surface area contributed by atoms with Gasteiger partial charge in [-0.2, -0.15) is 0 Å². The van der Waals surface area contributed by atoms with Crippen molar-refractivity contribution in [3.63, 3.8) is 0 Å². The van der Waals surface area contributed by atoms with E-state index in [1.54, 1.807) is 0 Å². The summed E-state index contributed by atoms with van der Waals surface area (Å²) >= 11 is 0. The molecule has 1 aromatic carbocycles. The van der Waals surface area contributed by atoms with Crippen LogP contribution >= 0.6 is 0 Å². The third-order valence-electron chi connectivity index (χ3n) is 5.52. The summed E-state index contributed by atoms with van der Waals surface area (Å²) in [5.41, 5.74) is 2.72. The second-order valence-electron chi connectivity index (χ2n) is 6.90. The van der Waals surface area contributed by atoms with Gasteiger partial charge in [0.1, 0.15) is 0 Å². The highest BCUT2D eigenvalue weighted by Gasteiger charge is 2.35. The van der Waals surface area contributed by atoms with Gasteiger partial charge in [0.05, 0.1) is 12.1 Å². The number of benzene rings is 1. The van der Waals surface area contributed by atoms with Crippen LogP contribution in [0, 0.1) is 0 Å². The minimum atomic E-state index is -0.0524. The van der Waals surface area contributed by atoms with E-state index in [0.717, 1.165) is 38.9 Å². The standard InChI is InChI=1S/C18H25N3O/c22-18(17-12-21-10-4-7-14(21)11-19-17)20-16-9-3-6-13-5-1-2-8-15(13)16/h1-2,5,8,14,16-17,19H,3-4,6-7,9-12H2,(H,20,22)/t14-,16-,17+/m1/s1. The number of piperazine rings is 1. The van der Waals surface area contributed by atoms with E-state index >= 15 is 0 Å². The van der Waals surface area contributed by atoms with Crippen molar-refractivity contribution in [1.82, 2.24) is 15.5 Å². The molecule has 0 spiro atoms. The second kappa shape index (κ2) is 6.01. The molecule has 118 valence electrons. The summed E-state index contributed by atoms with van der Waals surface area (Å²) in [5, 5.41) is 6.75. The van der Waals surface area contributed by atoms with E-state index < -0.39 is 0 Å². The SMILES string of the molecule is O=C(N[C@@H]1CCCc2ccccc21)[C@@H]1CN2CCC[C@@H]2CN1. The summed E-state index contributed by atoms with van der Waals surface area (Å²) in [6.07, 6.45) is 5.91. The highest BCUT2D eigenvalue weighted by molar-refractivity contribution is 5.82. The zero-order chi connectivity index (χ0) is 14.9. The molecule has 2 fully saturated rings. The van der Waals surface area contributed by atoms with Crippen LogP contribution in [0.15, 0.2) is 24.3 Å². The molecule has 2 N–H and O–H groups in total. The molecule has 2 aliphatic heterocycles. The normalized spacial score (nSPS) is 31.4. The summed E-state index contributed by atoms with van der Waals surface area (Å²) in [6.45, 7) is 2.98. The second-order valence-corrected chi connectivity index (χ2v) is 6.90.